The summed E-state index contributed by atoms with van der Waals surface area (Å²) in [6.45, 7) is 10.1. The number of ether oxygens (including phenoxy) is 3. The van der Waals surface area contributed by atoms with Crippen molar-refractivity contribution in [1.29, 1.82) is 0 Å². The highest BCUT2D eigenvalue weighted by atomic mass is 17.4. The molecule has 24 heavy (non-hydrogen) atoms. The van der Waals surface area contributed by atoms with Crippen LogP contribution in [0.2, 0.25) is 0 Å². The van der Waals surface area contributed by atoms with E-state index in [1.807, 2.05) is 20.8 Å². The fourth-order valence-corrected chi connectivity index (χ4v) is 1.32. The number of allylic oxidation sites excluding steroid dienone is 2. The van der Waals surface area contributed by atoms with Gasteiger partial charge >= 0.3 is 18.1 Å². The van der Waals surface area contributed by atoms with Gasteiger partial charge in [0.25, 0.3) is 0 Å². The molecule has 1 unspecified atom stereocenters. The van der Waals surface area contributed by atoms with Crippen LogP contribution in [0.3, 0.4) is 0 Å². The highest BCUT2D eigenvalue weighted by molar-refractivity contribution is 6.07. The summed E-state index contributed by atoms with van der Waals surface area (Å²) >= 11 is 0. The Balaban J connectivity index is 2.46. The van der Waals surface area contributed by atoms with Crippen LogP contribution in [0.5, 0.6) is 0 Å². The molecule has 0 aromatic carbocycles. The van der Waals surface area contributed by atoms with Crippen LogP contribution in [0.25, 0.3) is 0 Å². The molecule has 1 fully saturated rings. The van der Waals surface area contributed by atoms with E-state index >= 15 is 0 Å². The molecule has 0 amide bonds. The van der Waals surface area contributed by atoms with Crippen molar-refractivity contribution in [2.75, 3.05) is 6.61 Å². The van der Waals surface area contributed by atoms with Gasteiger partial charge in [-0.05, 0) is 25.3 Å². The van der Waals surface area contributed by atoms with E-state index in [9.17, 15) is 14.4 Å². The molecular formula is C16H22O8. The third-order valence-corrected chi connectivity index (χ3v) is 2.67. The molecule has 1 atom stereocenters. The maximum absolute atomic E-state index is 11.8. The Hall–Kier alpha value is -2.51. The second-order valence-corrected chi connectivity index (χ2v) is 6.46. The van der Waals surface area contributed by atoms with Crippen LogP contribution in [0.1, 0.15) is 41.5 Å². The highest BCUT2D eigenvalue weighted by Crippen LogP contribution is 2.23. The minimum Gasteiger partial charge on any atom is -0.434 e. The lowest BCUT2D eigenvalue weighted by Gasteiger charge is -2.19. The fraction of sp³-hybridized carbons (Fsp3) is 0.562. The second-order valence-electron chi connectivity index (χ2n) is 6.46. The molecule has 1 saturated heterocycles. The lowest BCUT2D eigenvalue weighted by molar-refractivity contribution is -0.163. The van der Waals surface area contributed by atoms with Gasteiger partial charge in [0, 0.05) is 12.5 Å². The van der Waals surface area contributed by atoms with Gasteiger partial charge in [-0.1, -0.05) is 20.8 Å². The summed E-state index contributed by atoms with van der Waals surface area (Å²) in [6, 6.07) is 0. The quantitative estimate of drug-likeness (QED) is 0.239. The topological polar surface area (TPSA) is 104 Å². The summed E-state index contributed by atoms with van der Waals surface area (Å²) in [5, 5.41) is 0. The van der Waals surface area contributed by atoms with Crippen molar-refractivity contribution in [3.8, 4) is 0 Å². The molecule has 0 N–H and O–H groups in total. The zero-order valence-electron chi connectivity index (χ0n) is 14.6. The summed E-state index contributed by atoms with van der Waals surface area (Å²) in [4.78, 5) is 43.9. The predicted octanol–water partition coefficient (Wildman–Crippen LogP) is 2.78. The first-order valence-electron chi connectivity index (χ1n) is 7.32. The van der Waals surface area contributed by atoms with Crippen molar-refractivity contribution in [1.82, 2.24) is 0 Å². The third-order valence-electron chi connectivity index (χ3n) is 2.67. The number of hydrogen-bond acceptors (Lipinski definition) is 8. The molecule has 8 nitrogen and oxygen atoms in total. The molecule has 8 heteroatoms. The van der Waals surface area contributed by atoms with Gasteiger partial charge in [0.2, 0.25) is 6.29 Å². The maximum atomic E-state index is 11.8. The van der Waals surface area contributed by atoms with Crippen LogP contribution >= 0.6 is 0 Å². The predicted molar refractivity (Wildman–Crippen MR) is 81.1 cm³/mol. The van der Waals surface area contributed by atoms with E-state index in [2.05, 4.69) is 9.78 Å². The Labute approximate surface area is 140 Å². The van der Waals surface area contributed by atoms with E-state index in [-0.39, 0.29) is 29.1 Å². The monoisotopic (exact) mass is 342 g/mol. The molecule has 0 spiro atoms. The van der Waals surface area contributed by atoms with Crippen molar-refractivity contribution < 1.29 is 38.4 Å². The molecule has 1 heterocycles. The van der Waals surface area contributed by atoms with E-state index in [0.29, 0.717) is 0 Å². The molecule has 0 aromatic rings. The first kappa shape index (κ1) is 19.5. The normalized spacial score (nSPS) is 14.8. The van der Waals surface area contributed by atoms with Gasteiger partial charge < -0.3 is 14.2 Å². The van der Waals surface area contributed by atoms with Crippen LogP contribution in [0.4, 0.5) is 4.79 Å². The molecule has 0 aromatic heterocycles. The molecule has 0 aliphatic carbocycles. The number of esters is 1. The molecular weight excluding hydrogens is 320 g/mol. The average Bonchev–Trinajstić information content (AvgIpc) is 3.27. The largest absolute Gasteiger partial charge is 0.511 e. The van der Waals surface area contributed by atoms with Gasteiger partial charge in [-0.3, -0.25) is 4.79 Å². The smallest absolute Gasteiger partial charge is 0.434 e. The minimum absolute atomic E-state index is 0.0408. The molecule has 134 valence electrons. The van der Waals surface area contributed by atoms with Gasteiger partial charge in [-0.15, -0.1) is 0 Å². The second kappa shape index (κ2) is 7.85. The van der Waals surface area contributed by atoms with Crippen LogP contribution in [0.15, 0.2) is 23.2 Å². The van der Waals surface area contributed by atoms with Crippen molar-refractivity contribution in [3.05, 3.63) is 23.2 Å². The van der Waals surface area contributed by atoms with Crippen molar-refractivity contribution in [3.63, 3.8) is 0 Å². The van der Waals surface area contributed by atoms with Crippen LogP contribution in [-0.2, 0) is 33.6 Å². The zero-order chi connectivity index (χ0) is 18.5. The first-order chi connectivity index (χ1) is 11.0. The average molecular weight is 342 g/mol. The summed E-state index contributed by atoms with van der Waals surface area (Å²) in [6.07, 6.45) is -1.01. The van der Waals surface area contributed by atoms with Gasteiger partial charge in [0.15, 0.2) is 5.78 Å². The lowest BCUT2D eigenvalue weighted by atomic mass is 9.99. The third kappa shape index (κ3) is 7.17. The number of carbonyl (C=O) groups is 3. The number of ketones is 1. The Morgan fingerprint density at radius 1 is 1.12 bits per heavy atom. The maximum Gasteiger partial charge on any atom is 0.511 e. The van der Waals surface area contributed by atoms with Crippen molar-refractivity contribution in [2.45, 2.75) is 47.8 Å². The Kier molecular flexibility index (Phi) is 6.39. The molecule has 0 radical (unpaired) electrons. The molecule has 0 bridgehead atoms. The summed E-state index contributed by atoms with van der Waals surface area (Å²) in [5.41, 5.74) is 0.0660. The van der Waals surface area contributed by atoms with Gasteiger partial charge in [-0.2, -0.15) is 0 Å². The summed E-state index contributed by atoms with van der Waals surface area (Å²) < 4.78 is 14.6. The van der Waals surface area contributed by atoms with Gasteiger partial charge in [0.1, 0.15) is 0 Å². The van der Waals surface area contributed by atoms with Crippen LogP contribution < -0.4 is 0 Å². The van der Waals surface area contributed by atoms with E-state index in [4.69, 9.17) is 14.2 Å². The van der Waals surface area contributed by atoms with E-state index in [1.54, 1.807) is 0 Å². The van der Waals surface area contributed by atoms with Gasteiger partial charge in [-0.25, -0.2) is 19.4 Å². The molecule has 1 rings (SSSR count). The van der Waals surface area contributed by atoms with Crippen molar-refractivity contribution >= 4 is 17.9 Å². The van der Waals surface area contributed by atoms with Crippen LogP contribution in [-0.4, -0.2) is 30.8 Å². The molecule has 0 saturated carbocycles. The standard InChI is InChI=1S/C16H22O8/c1-9(7-12(17)10(2)14-23-24-14)13(18)21-11(3)22-15(19)20-8-16(4,5)6/h7,11H,8H2,1-6H3/b9-7+. The zero-order valence-corrected chi connectivity index (χ0v) is 14.6. The minimum atomic E-state index is -1.15. The van der Waals surface area contributed by atoms with E-state index < -0.39 is 24.2 Å². The van der Waals surface area contributed by atoms with E-state index in [0.717, 1.165) is 6.08 Å². The van der Waals surface area contributed by atoms with E-state index in [1.165, 1.54) is 20.8 Å². The highest BCUT2D eigenvalue weighted by Gasteiger charge is 2.26. The van der Waals surface area contributed by atoms with Crippen LogP contribution in [0, 0.1) is 5.41 Å². The number of carbonyl (C=O) groups excluding carboxylic acids is 3. The lowest BCUT2D eigenvalue weighted by Crippen LogP contribution is -2.25. The Bertz CT molecular complexity index is 573. The Morgan fingerprint density at radius 3 is 2.21 bits per heavy atom. The summed E-state index contributed by atoms with van der Waals surface area (Å²) in [7, 11) is 0. The first-order valence-corrected chi connectivity index (χ1v) is 7.32. The number of rotatable bonds is 6. The molecule has 1 aliphatic rings. The summed E-state index contributed by atoms with van der Waals surface area (Å²) in [5.74, 6) is -1.12. The SMILES string of the molecule is CC(C(=O)/C=C(\C)C(=O)OC(C)OC(=O)OCC(C)(C)C)=C1OO1. The fourth-order valence-electron chi connectivity index (χ4n) is 1.32. The van der Waals surface area contributed by atoms with Crippen molar-refractivity contribution in [2.24, 2.45) is 5.41 Å². The Morgan fingerprint density at radius 2 is 1.71 bits per heavy atom. The molecule has 1 aliphatic heterocycles. The number of hydrogen-bond donors (Lipinski definition) is 0. The van der Waals surface area contributed by atoms with Gasteiger partial charge in [0.05, 0.1) is 12.2 Å².